The van der Waals surface area contributed by atoms with Gasteiger partial charge in [-0.25, -0.2) is 5.43 Å². The molecule has 0 aromatic heterocycles. The van der Waals surface area contributed by atoms with E-state index in [-0.39, 0.29) is 0 Å². The molecule has 98 valence electrons. The molecule has 0 radical (unpaired) electrons. The smallest absolute Gasteiger partial charge is 0.271 e. The third-order valence-electron chi connectivity index (χ3n) is 2.20. The molecule has 0 spiro atoms. The molecular weight excluding hydrogens is 275 g/mol. The summed E-state index contributed by atoms with van der Waals surface area (Å²) in [6, 6.07) is 4.98. The van der Waals surface area contributed by atoms with E-state index in [4.69, 9.17) is 23.2 Å². The molecule has 0 atom stereocenters. The number of nitrogens with one attached hydrogen (secondary N) is 1. The Hall–Kier alpha value is -1.10. The summed E-state index contributed by atoms with van der Waals surface area (Å²) in [6.07, 6.45) is 0. The zero-order valence-electron chi connectivity index (χ0n) is 10.3. The van der Waals surface area contributed by atoms with Gasteiger partial charge in [0.05, 0.1) is 10.7 Å². The van der Waals surface area contributed by atoms with Gasteiger partial charge in [-0.05, 0) is 32.9 Å². The Morgan fingerprint density at radius 3 is 2.50 bits per heavy atom. The molecule has 0 saturated carbocycles. The Balaban J connectivity index is 2.87. The lowest BCUT2D eigenvalue weighted by atomic mass is 10.1. The van der Waals surface area contributed by atoms with E-state index < -0.39 is 11.5 Å². The summed E-state index contributed by atoms with van der Waals surface area (Å²) in [4.78, 5) is 11.4. The molecule has 6 heteroatoms. The molecule has 2 N–H and O–H groups in total. The Morgan fingerprint density at radius 2 is 2.00 bits per heavy atom. The van der Waals surface area contributed by atoms with Crippen molar-refractivity contribution in [1.29, 1.82) is 0 Å². The van der Waals surface area contributed by atoms with Crippen molar-refractivity contribution >= 4 is 34.8 Å². The van der Waals surface area contributed by atoms with Crippen molar-refractivity contribution in [2.24, 2.45) is 5.10 Å². The standard InChI is InChI=1S/C12H14Cl2N2O2/c1-7(15-16-11(17)12(2,3)18)9-5-4-8(13)6-10(9)14/h4-6,18H,1-3H3,(H,16,17)/b15-7+. The summed E-state index contributed by atoms with van der Waals surface area (Å²) in [5.41, 5.74) is 1.98. The van der Waals surface area contributed by atoms with Crippen LogP contribution in [0.1, 0.15) is 26.3 Å². The molecule has 0 heterocycles. The fourth-order valence-electron chi connectivity index (χ4n) is 1.11. The molecule has 0 aliphatic carbocycles. The van der Waals surface area contributed by atoms with Crippen LogP contribution in [0.4, 0.5) is 0 Å². The number of benzene rings is 1. The third-order valence-corrected chi connectivity index (χ3v) is 2.75. The van der Waals surface area contributed by atoms with Crippen LogP contribution in [0, 0.1) is 0 Å². The van der Waals surface area contributed by atoms with Gasteiger partial charge < -0.3 is 5.11 Å². The fourth-order valence-corrected chi connectivity index (χ4v) is 1.66. The summed E-state index contributed by atoms with van der Waals surface area (Å²) in [6.45, 7) is 4.45. The van der Waals surface area contributed by atoms with E-state index in [9.17, 15) is 9.90 Å². The van der Waals surface area contributed by atoms with Crippen LogP contribution in [-0.2, 0) is 4.79 Å². The summed E-state index contributed by atoms with van der Waals surface area (Å²) >= 11 is 11.8. The van der Waals surface area contributed by atoms with Crippen LogP contribution in [-0.4, -0.2) is 22.3 Å². The van der Waals surface area contributed by atoms with Gasteiger partial charge in [-0.3, -0.25) is 4.79 Å². The topological polar surface area (TPSA) is 61.7 Å². The van der Waals surface area contributed by atoms with Gasteiger partial charge in [0, 0.05) is 10.6 Å². The Kier molecular flexibility index (Phi) is 4.73. The lowest BCUT2D eigenvalue weighted by molar-refractivity contribution is -0.136. The highest BCUT2D eigenvalue weighted by Crippen LogP contribution is 2.21. The average molecular weight is 289 g/mol. The maximum absolute atomic E-state index is 11.4. The van der Waals surface area contributed by atoms with Crippen LogP contribution in [0.25, 0.3) is 0 Å². The molecule has 18 heavy (non-hydrogen) atoms. The summed E-state index contributed by atoms with van der Waals surface area (Å²) in [7, 11) is 0. The maximum Gasteiger partial charge on any atom is 0.271 e. The van der Waals surface area contributed by atoms with Gasteiger partial charge in [0.15, 0.2) is 0 Å². The van der Waals surface area contributed by atoms with Crippen LogP contribution >= 0.6 is 23.2 Å². The lowest BCUT2D eigenvalue weighted by Crippen LogP contribution is -2.39. The zero-order chi connectivity index (χ0) is 13.9. The normalized spacial score (nSPS) is 12.4. The van der Waals surface area contributed by atoms with Crippen molar-refractivity contribution in [1.82, 2.24) is 5.43 Å². The Morgan fingerprint density at radius 1 is 1.39 bits per heavy atom. The number of carbonyl (C=O) groups excluding carboxylic acids is 1. The van der Waals surface area contributed by atoms with E-state index in [2.05, 4.69) is 10.5 Å². The van der Waals surface area contributed by atoms with Gasteiger partial charge in [-0.2, -0.15) is 5.10 Å². The minimum atomic E-state index is -1.48. The van der Waals surface area contributed by atoms with E-state index in [1.54, 1.807) is 25.1 Å². The van der Waals surface area contributed by atoms with Crippen LogP contribution in [0.2, 0.25) is 10.0 Å². The second-order valence-electron chi connectivity index (χ2n) is 4.32. The molecule has 0 saturated heterocycles. The van der Waals surface area contributed by atoms with Crippen molar-refractivity contribution in [2.75, 3.05) is 0 Å². The average Bonchev–Trinajstić information content (AvgIpc) is 2.24. The van der Waals surface area contributed by atoms with Crippen LogP contribution in [0.5, 0.6) is 0 Å². The quantitative estimate of drug-likeness (QED) is 0.663. The second kappa shape index (κ2) is 5.69. The Labute approximate surface area is 116 Å². The van der Waals surface area contributed by atoms with Crippen molar-refractivity contribution in [3.63, 3.8) is 0 Å². The largest absolute Gasteiger partial charge is 0.381 e. The fraction of sp³-hybridized carbons (Fsp3) is 0.333. The molecule has 1 aromatic carbocycles. The van der Waals surface area contributed by atoms with Gasteiger partial charge in [-0.1, -0.05) is 29.3 Å². The molecule has 1 rings (SSSR count). The number of carbonyl (C=O) groups is 1. The number of hydrogen-bond acceptors (Lipinski definition) is 3. The first kappa shape index (κ1) is 15.0. The van der Waals surface area contributed by atoms with E-state index in [0.717, 1.165) is 0 Å². The van der Waals surface area contributed by atoms with Gasteiger partial charge in [0.25, 0.3) is 5.91 Å². The number of halogens is 2. The highest BCUT2D eigenvalue weighted by Gasteiger charge is 2.23. The summed E-state index contributed by atoms with van der Waals surface area (Å²) in [5, 5.41) is 14.3. The summed E-state index contributed by atoms with van der Waals surface area (Å²) < 4.78 is 0. The summed E-state index contributed by atoms with van der Waals surface area (Å²) in [5.74, 6) is -0.591. The number of hydrogen-bond donors (Lipinski definition) is 2. The van der Waals surface area contributed by atoms with Gasteiger partial charge in [-0.15, -0.1) is 0 Å². The molecule has 1 aromatic rings. The van der Waals surface area contributed by atoms with E-state index in [1.165, 1.54) is 13.8 Å². The molecule has 4 nitrogen and oxygen atoms in total. The molecule has 0 unspecified atom stereocenters. The van der Waals surface area contributed by atoms with Crippen LogP contribution in [0.15, 0.2) is 23.3 Å². The van der Waals surface area contributed by atoms with Crippen LogP contribution < -0.4 is 5.43 Å². The predicted octanol–water partition coefficient (Wildman–Crippen LogP) is 2.60. The molecule has 0 bridgehead atoms. The minimum absolute atomic E-state index is 0.446. The first-order chi connectivity index (χ1) is 8.21. The molecular formula is C12H14Cl2N2O2. The van der Waals surface area contributed by atoms with Crippen molar-refractivity contribution in [3.8, 4) is 0 Å². The maximum atomic E-state index is 11.4. The van der Waals surface area contributed by atoms with Gasteiger partial charge in [0.1, 0.15) is 5.60 Å². The number of rotatable bonds is 3. The first-order valence-electron chi connectivity index (χ1n) is 5.24. The molecule has 1 amide bonds. The van der Waals surface area contributed by atoms with Crippen molar-refractivity contribution in [3.05, 3.63) is 33.8 Å². The molecule has 0 aliphatic heterocycles. The first-order valence-corrected chi connectivity index (χ1v) is 6.00. The Bertz CT molecular complexity index is 493. The molecule has 0 aliphatic rings. The number of aliphatic hydroxyl groups is 1. The van der Waals surface area contributed by atoms with E-state index in [0.29, 0.717) is 21.3 Å². The predicted molar refractivity (Wildman–Crippen MR) is 73.1 cm³/mol. The van der Waals surface area contributed by atoms with Crippen LogP contribution in [0.3, 0.4) is 0 Å². The number of hydrazone groups is 1. The highest BCUT2D eigenvalue weighted by molar-refractivity contribution is 6.37. The SMILES string of the molecule is C/C(=N\NC(=O)C(C)(C)O)c1ccc(Cl)cc1Cl. The zero-order valence-corrected chi connectivity index (χ0v) is 11.8. The van der Waals surface area contributed by atoms with E-state index in [1.807, 2.05) is 0 Å². The highest BCUT2D eigenvalue weighted by atomic mass is 35.5. The monoisotopic (exact) mass is 288 g/mol. The minimum Gasteiger partial charge on any atom is -0.381 e. The number of nitrogens with zero attached hydrogens (tertiary/aromatic N) is 1. The van der Waals surface area contributed by atoms with Crippen molar-refractivity contribution < 1.29 is 9.90 Å². The van der Waals surface area contributed by atoms with Gasteiger partial charge in [0.2, 0.25) is 0 Å². The van der Waals surface area contributed by atoms with Crippen molar-refractivity contribution in [2.45, 2.75) is 26.4 Å². The lowest BCUT2D eigenvalue weighted by Gasteiger charge is -2.14. The molecule has 0 fully saturated rings. The second-order valence-corrected chi connectivity index (χ2v) is 5.16. The van der Waals surface area contributed by atoms with E-state index >= 15 is 0 Å². The number of amides is 1. The van der Waals surface area contributed by atoms with Gasteiger partial charge >= 0.3 is 0 Å². The third kappa shape index (κ3) is 3.98.